The molecule has 2 unspecified atom stereocenters. The molecule has 4 heteroatoms. The SMILES string of the molecule is CCCNC(C)c1ccc(OCC2CCOC2)c(Br)c1. The summed E-state index contributed by atoms with van der Waals surface area (Å²) in [4.78, 5) is 0. The lowest BCUT2D eigenvalue weighted by molar-refractivity contribution is 0.167. The van der Waals surface area contributed by atoms with Gasteiger partial charge in [0.1, 0.15) is 5.75 Å². The van der Waals surface area contributed by atoms with Gasteiger partial charge in [-0.15, -0.1) is 0 Å². The average Bonchev–Trinajstić information content (AvgIpc) is 2.96. The van der Waals surface area contributed by atoms with Gasteiger partial charge >= 0.3 is 0 Å². The normalized spacial score (nSPS) is 20.1. The van der Waals surface area contributed by atoms with Gasteiger partial charge < -0.3 is 14.8 Å². The Morgan fingerprint density at radius 3 is 3.00 bits per heavy atom. The molecule has 1 N–H and O–H groups in total. The van der Waals surface area contributed by atoms with E-state index < -0.39 is 0 Å². The zero-order valence-electron chi connectivity index (χ0n) is 12.3. The predicted molar refractivity (Wildman–Crippen MR) is 85.3 cm³/mol. The molecular weight excluding hydrogens is 318 g/mol. The summed E-state index contributed by atoms with van der Waals surface area (Å²) in [5.74, 6) is 1.45. The lowest BCUT2D eigenvalue weighted by atomic mass is 10.1. The third kappa shape index (κ3) is 4.47. The monoisotopic (exact) mass is 341 g/mol. The molecule has 112 valence electrons. The third-order valence-corrected chi connectivity index (χ3v) is 4.27. The number of benzene rings is 1. The quantitative estimate of drug-likeness (QED) is 0.815. The van der Waals surface area contributed by atoms with Gasteiger partial charge in [-0.25, -0.2) is 0 Å². The molecular formula is C16H24BrNO2. The zero-order chi connectivity index (χ0) is 14.4. The van der Waals surface area contributed by atoms with Crippen LogP contribution in [0, 0.1) is 5.92 Å². The Kier molecular flexibility index (Phi) is 6.33. The predicted octanol–water partition coefficient (Wildman–Crippen LogP) is 3.93. The number of ether oxygens (including phenoxy) is 2. The van der Waals surface area contributed by atoms with Gasteiger partial charge in [-0.05, 0) is 59.9 Å². The summed E-state index contributed by atoms with van der Waals surface area (Å²) in [5, 5.41) is 3.49. The molecule has 0 aliphatic carbocycles. The minimum Gasteiger partial charge on any atom is -0.492 e. The minimum absolute atomic E-state index is 0.364. The Balaban J connectivity index is 1.91. The van der Waals surface area contributed by atoms with E-state index in [9.17, 15) is 0 Å². The van der Waals surface area contributed by atoms with E-state index in [1.54, 1.807) is 0 Å². The van der Waals surface area contributed by atoms with Crippen LogP contribution in [0.5, 0.6) is 5.75 Å². The molecule has 0 radical (unpaired) electrons. The second-order valence-corrected chi connectivity index (χ2v) is 6.26. The van der Waals surface area contributed by atoms with E-state index in [2.05, 4.69) is 53.3 Å². The van der Waals surface area contributed by atoms with Gasteiger partial charge in [0.25, 0.3) is 0 Å². The highest BCUT2D eigenvalue weighted by Crippen LogP contribution is 2.29. The first kappa shape index (κ1) is 15.8. The van der Waals surface area contributed by atoms with Gasteiger partial charge in [0.05, 0.1) is 17.7 Å². The molecule has 3 nitrogen and oxygen atoms in total. The third-order valence-electron chi connectivity index (χ3n) is 3.65. The standard InChI is InChI=1S/C16H24BrNO2/c1-3-7-18-12(2)14-4-5-16(15(17)9-14)20-11-13-6-8-19-10-13/h4-5,9,12-13,18H,3,6-8,10-11H2,1-2H3. The summed E-state index contributed by atoms with van der Waals surface area (Å²) < 4.78 is 12.3. The number of nitrogens with one attached hydrogen (secondary N) is 1. The van der Waals surface area contributed by atoms with Crippen LogP contribution in [-0.4, -0.2) is 26.4 Å². The summed E-state index contributed by atoms with van der Waals surface area (Å²) >= 11 is 3.61. The first-order valence-electron chi connectivity index (χ1n) is 7.44. The van der Waals surface area contributed by atoms with E-state index >= 15 is 0 Å². The van der Waals surface area contributed by atoms with Crippen LogP contribution in [0.25, 0.3) is 0 Å². The summed E-state index contributed by atoms with van der Waals surface area (Å²) in [6.07, 6.45) is 2.25. The van der Waals surface area contributed by atoms with Gasteiger partial charge in [0.2, 0.25) is 0 Å². The summed E-state index contributed by atoms with van der Waals surface area (Å²) in [5.41, 5.74) is 1.28. The number of hydrogen-bond donors (Lipinski definition) is 1. The molecule has 0 saturated carbocycles. The van der Waals surface area contributed by atoms with Crippen molar-refractivity contribution in [1.82, 2.24) is 5.32 Å². The van der Waals surface area contributed by atoms with Crippen LogP contribution in [0.4, 0.5) is 0 Å². The summed E-state index contributed by atoms with van der Waals surface area (Å²) in [6.45, 7) is 7.84. The number of rotatable bonds is 7. The lowest BCUT2D eigenvalue weighted by Gasteiger charge is -2.16. The average molecular weight is 342 g/mol. The van der Waals surface area contributed by atoms with Crippen molar-refractivity contribution in [2.75, 3.05) is 26.4 Å². The summed E-state index contributed by atoms with van der Waals surface area (Å²) in [6, 6.07) is 6.70. The molecule has 20 heavy (non-hydrogen) atoms. The Morgan fingerprint density at radius 1 is 1.50 bits per heavy atom. The highest BCUT2D eigenvalue weighted by Gasteiger charge is 2.17. The molecule has 0 spiro atoms. The Bertz CT molecular complexity index is 419. The summed E-state index contributed by atoms with van der Waals surface area (Å²) in [7, 11) is 0. The van der Waals surface area contributed by atoms with E-state index in [4.69, 9.17) is 9.47 Å². The van der Waals surface area contributed by atoms with Crippen molar-refractivity contribution in [2.45, 2.75) is 32.7 Å². The number of hydrogen-bond acceptors (Lipinski definition) is 3. The lowest BCUT2D eigenvalue weighted by Crippen LogP contribution is -2.19. The van der Waals surface area contributed by atoms with Crippen LogP contribution in [0.2, 0.25) is 0 Å². The highest BCUT2D eigenvalue weighted by molar-refractivity contribution is 9.10. The van der Waals surface area contributed by atoms with Crippen LogP contribution >= 0.6 is 15.9 Å². The Hall–Kier alpha value is -0.580. The molecule has 1 aromatic rings. The van der Waals surface area contributed by atoms with E-state index in [1.807, 2.05) is 0 Å². The van der Waals surface area contributed by atoms with E-state index in [0.29, 0.717) is 12.0 Å². The molecule has 1 heterocycles. The van der Waals surface area contributed by atoms with Crippen molar-refractivity contribution in [3.63, 3.8) is 0 Å². The van der Waals surface area contributed by atoms with E-state index in [1.165, 1.54) is 5.56 Å². The topological polar surface area (TPSA) is 30.5 Å². The fraction of sp³-hybridized carbons (Fsp3) is 0.625. The molecule has 2 rings (SSSR count). The van der Waals surface area contributed by atoms with Gasteiger partial charge in [-0.1, -0.05) is 13.0 Å². The Morgan fingerprint density at radius 2 is 2.35 bits per heavy atom. The van der Waals surface area contributed by atoms with E-state index in [-0.39, 0.29) is 0 Å². The van der Waals surface area contributed by atoms with Crippen molar-refractivity contribution in [3.05, 3.63) is 28.2 Å². The molecule has 0 bridgehead atoms. The molecule has 1 fully saturated rings. The van der Waals surface area contributed by atoms with Gasteiger partial charge in [-0.3, -0.25) is 0 Å². The van der Waals surface area contributed by atoms with Gasteiger partial charge in [0.15, 0.2) is 0 Å². The van der Waals surface area contributed by atoms with Crippen LogP contribution in [0.3, 0.4) is 0 Å². The van der Waals surface area contributed by atoms with Crippen molar-refractivity contribution < 1.29 is 9.47 Å². The van der Waals surface area contributed by atoms with Crippen LogP contribution in [-0.2, 0) is 4.74 Å². The zero-order valence-corrected chi connectivity index (χ0v) is 13.9. The smallest absolute Gasteiger partial charge is 0.133 e. The first-order valence-corrected chi connectivity index (χ1v) is 8.23. The van der Waals surface area contributed by atoms with Crippen molar-refractivity contribution >= 4 is 15.9 Å². The maximum atomic E-state index is 5.89. The van der Waals surface area contributed by atoms with Gasteiger partial charge in [-0.2, -0.15) is 0 Å². The highest BCUT2D eigenvalue weighted by atomic mass is 79.9. The van der Waals surface area contributed by atoms with Crippen molar-refractivity contribution in [2.24, 2.45) is 5.92 Å². The molecule has 1 aromatic carbocycles. The molecule has 1 saturated heterocycles. The van der Waals surface area contributed by atoms with E-state index in [0.717, 1.165) is 49.4 Å². The number of halogens is 1. The van der Waals surface area contributed by atoms with Crippen molar-refractivity contribution in [3.8, 4) is 5.75 Å². The second-order valence-electron chi connectivity index (χ2n) is 5.41. The van der Waals surface area contributed by atoms with Gasteiger partial charge in [0, 0.05) is 18.6 Å². The maximum Gasteiger partial charge on any atom is 0.133 e. The largest absolute Gasteiger partial charge is 0.492 e. The molecule has 0 amide bonds. The van der Waals surface area contributed by atoms with Crippen LogP contribution in [0.1, 0.15) is 38.3 Å². The second kappa shape index (κ2) is 8.01. The first-order chi connectivity index (χ1) is 9.70. The fourth-order valence-electron chi connectivity index (χ4n) is 2.30. The minimum atomic E-state index is 0.364. The van der Waals surface area contributed by atoms with Crippen LogP contribution in [0.15, 0.2) is 22.7 Å². The molecule has 1 aliphatic rings. The maximum absolute atomic E-state index is 5.89. The van der Waals surface area contributed by atoms with Crippen LogP contribution < -0.4 is 10.1 Å². The molecule has 0 aromatic heterocycles. The fourth-order valence-corrected chi connectivity index (χ4v) is 2.82. The Labute approximate surface area is 130 Å². The molecule has 2 atom stereocenters. The molecule has 1 aliphatic heterocycles. The van der Waals surface area contributed by atoms with Crippen molar-refractivity contribution in [1.29, 1.82) is 0 Å².